The van der Waals surface area contributed by atoms with Crippen molar-refractivity contribution in [3.05, 3.63) is 0 Å². The van der Waals surface area contributed by atoms with Gasteiger partial charge in [0.25, 0.3) is 0 Å². The normalized spacial score (nSPS) is 10.8. The van der Waals surface area contributed by atoms with Crippen LogP contribution in [0.15, 0.2) is 0 Å². The molecule has 0 unspecified atom stereocenters. The second kappa shape index (κ2) is 7.59. The average molecular weight is 254 g/mol. The summed E-state index contributed by atoms with van der Waals surface area (Å²) >= 11 is 0. The zero-order valence-corrected chi connectivity index (χ0v) is 6.44. The molecule has 74 valence electrons. The zero-order chi connectivity index (χ0) is 9.71. The van der Waals surface area contributed by atoms with Gasteiger partial charge >= 0.3 is 56.0 Å². The Balaban J connectivity index is -0.000000126. The van der Waals surface area contributed by atoms with Crippen molar-refractivity contribution >= 4 is 56.0 Å². The van der Waals surface area contributed by atoms with Gasteiger partial charge in [0.2, 0.25) is 0 Å². The fourth-order valence-corrected chi connectivity index (χ4v) is 0. The fraction of sp³-hybridized carbons (Fsp3) is 0. The fourth-order valence-electron chi connectivity index (χ4n) is 0. The molecular formula is H7CaO9PS. The topological polar surface area (TPSA) is 162 Å². The van der Waals surface area contributed by atoms with E-state index in [4.69, 9.17) is 32.6 Å². The van der Waals surface area contributed by atoms with Crippen molar-refractivity contribution in [2.24, 2.45) is 0 Å². The van der Waals surface area contributed by atoms with Gasteiger partial charge in [-0.1, -0.05) is 0 Å². The van der Waals surface area contributed by atoms with Gasteiger partial charge in [0.05, 0.1) is 0 Å². The van der Waals surface area contributed by atoms with Crippen LogP contribution < -0.4 is 0 Å². The van der Waals surface area contributed by atoms with E-state index >= 15 is 0 Å². The summed E-state index contributed by atoms with van der Waals surface area (Å²) in [6.45, 7) is 0. The molecule has 0 aliphatic rings. The van der Waals surface area contributed by atoms with Crippen molar-refractivity contribution in [2.45, 2.75) is 0 Å². The summed E-state index contributed by atoms with van der Waals surface area (Å²) in [5, 5.41) is 7.14. The predicted octanol–water partition coefficient (Wildman–Crippen LogP) is -2.00. The molecule has 0 saturated heterocycles. The Kier molecular flexibility index (Phi) is 11.9. The Morgan fingerprint density at radius 2 is 1.25 bits per heavy atom. The van der Waals surface area contributed by atoms with Gasteiger partial charge in [-0.2, -0.15) is 8.42 Å². The van der Waals surface area contributed by atoms with Crippen LogP contribution in [0, 0.1) is 0 Å². The van der Waals surface area contributed by atoms with E-state index in [9.17, 15) is 4.57 Å². The second-order valence-electron chi connectivity index (χ2n) is 1.02. The minimum absolute atomic E-state index is 0. The van der Waals surface area contributed by atoms with Crippen LogP contribution in [0.1, 0.15) is 0 Å². The van der Waals surface area contributed by atoms with E-state index in [0.717, 1.165) is 0 Å². The van der Waals surface area contributed by atoms with Crippen molar-refractivity contribution in [1.29, 1.82) is 0 Å². The molecular weight excluding hydrogens is 247 g/mol. The minimum atomic E-state index is -4.67. The average Bonchev–Trinajstić information content (AvgIpc) is 1.59. The molecule has 0 aromatic heterocycles. The first kappa shape index (κ1) is 18.9. The van der Waals surface area contributed by atoms with Crippen LogP contribution >= 0.6 is 7.82 Å². The first-order valence-corrected chi connectivity index (χ1v) is 4.57. The molecule has 0 aromatic carbocycles. The summed E-state index contributed by atoms with van der Waals surface area (Å²) in [5.74, 6) is 0. The molecule has 0 aliphatic heterocycles. The van der Waals surface area contributed by atoms with E-state index in [1.54, 1.807) is 0 Å². The van der Waals surface area contributed by atoms with Crippen LogP contribution in [-0.4, -0.2) is 70.3 Å². The summed E-state index contributed by atoms with van der Waals surface area (Å²) in [6.07, 6.45) is 0. The molecule has 0 radical (unpaired) electrons. The van der Waals surface area contributed by atoms with Gasteiger partial charge in [0, 0.05) is 0 Å². The third-order valence-corrected chi connectivity index (χ3v) is 0.319. The standard InChI is InChI=1S/Ca.H3O5P.H2O4S.2H/c;1-5-6(2,3)4;1-5(2,3)4;;/h;1H,(H2,2,3,4);(H2,1,2,3,4);;. The molecule has 0 spiro atoms. The monoisotopic (exact) mass is 254 g/mol. The molecule has 0 rings (SSSR count). The van der Waals surface area contributed by atoms with E-state index in [-0.39, 0.29) is 37.7 Å². The SMILES string of the molecule is O=P(O)(O)OO.O=S(=O)(O)O.[CaH2]. The maximum atomic E-state index is 9.22. The predicted molar refractivity (Wildman–Crippen MR) is 38.5 cm³/mol. The van der Waals surface area contributed by atoms with E-state index in [0.29, 0.717) is 0 Å². The maximum absolute atomic E-state index is 9.22. The van der Waals surface area contributed by atoms with Crippen molar-refractivity contribution in [2.75, 3.05) is 0 Å². The molecule has 0 aliphatic carbocycles. The van der Waals surface area contributed by atoms with Gasteiger partial charge in [0.1, 0.15) is 0 Å². The van der Waals surface area contributed by atoms with Gasteiger partial charge in [-0.3, -0.25) is 9.11 Å². The van der Waals surface area contributed by atoms with Crippen LogP contribution in [0.25, 0.3) is 0 Å². The Labute approximate surface area is 97.1 Å². The Morgan fingerprint density at radius 3 is 1.25 bits per heavy atom. The summed E-state index contributed by atoms with van der Waals surface area (Å²) in [4.78, 5) is 14.9. The summed E-state index contributed by atoms with van der Waals surface area (Å²) < 4.78 is 43.4. The first-order chi connectivity index (χ1) is 4.56. The number of hydrogen-bond donors (Lipinski definition) is 5. The molecule has 0 aromatic rings. The summed E-state index contributed by atoms with van der Waals surface area (Å²) in [7, 11) is -9.26. The van der Waals surface area contributed by atoms with Crippen molar-refractivity contribution in [3.8, 4) is 0 Å². The van der Waals surface area contributed by atoms with E-state index < -0.39 is 18.2 Å². The summed E-state index contributed by atoms with van der Waals surface area (Å²) in [5.41, 5.74) is 0. The molecule has 0 amide bonds. The van der Waals surface area contributed by atoms with Crippen LogP contribution in [-0.2, 0) is 19.6 Å². The summed E-state index contributed by atoms with van der Waals surface area (Å²) in [6, 6.07) is 0. The number of rotatable bonds is 1. The van der Waals surface area contributed by atoms with Gasteiger partial charge in [-0.05, 0) is 0 Å². The molecule has 12 heavy (non-hydrogen) atoms. The molecule has 12 heteroatoms. The van der Waals surface area contributed by atoms with Crippen LogP contribution in [0.3, 0.4) is 0 Å². The van der Waals surface area contributed by atoms with Crippen LogP contribution in [0.5, 0.6) is 0 Å². The van der Waals surface area contributed by atoms with Gasteiger partial charge in [-0.25, -0.2) is 9.82 Å². The Morgan fingerprint density at radius 1 is 1.17 bits per heavy atom. The molecule has 0 fully saturated rings. The zero-order valence-electron chi connectivity index (χ0n) is 4.72. The molecule has 5 N–H and O–H groups in total. The molecule has 0 saturated carbocycles. The van der Waals surface area contributed by atoms with Crippen molar-refractivity contribution in [3.63, 3.8) is 0 Å². The third kappa shape index (κ3) is 66.1. The van der Waals surface area contributed by atoms with Gasteiger partial charge < -0.3 is 9.79 Å². The Bertz CT molecular complexity index is 213. The van der Waals surface area contributed by atoms with Crippen molar-refractivity contribution in [1.82, 2.24) is 0 Å². The van der Waals surface area contributed by atoms with Gasteiger partial charge in [0.15, 0.2) is 0 Å². The first-order valence-electron chi connectivity index (χ1n) is 1.65. The number of phosphoric acid groups is 1. The van der Waals surface area contributed by atoms with Crippen molar-refractivity contribution < 1.29 is 41.8 Å². The Hall–Kier alpha value is 1.20. The number of hydrogen-bond acceptors (Lipinski definition) is 5. The van der Waals surface area contributed by atoms with E-state index in [1.807, 2.05) is 0 Å². The third-order valence-electron chi connectivity index (χ3n) is 0.106. The quantitative estimate of drug-likeness (QED) is 0.117. The van der Waals surface area contributed by atoms with E-state index in [2.05, 4.69) is 4.67 Å². The van der Waals surface area contributed by atoms with E-state index in [1.165, 1.54) is 0 Å². The van der Waals surface area contributed by atoms with Crippen LogP contribution in [0.4, 0.5) is 0 Å². The molecule has 9 nitrogen and oxygen atoms in total. The molecule has 0 atom stereocenters. The second-order valence-corrected chi connectivity index (χ2v) is 3.06. The molecule has 0 bridgehead atoms. The van der Waals surface area contributed by atoms with Crippen LogP contribution in [0.2, 0.25) is 0 Å². The van der Waals surface area contributed by atoms with Gasteiger partial charge in [-0.15, -0.1) is 4.67 Å². The molecule has 0 heterocycles.